The molecule has 0 N–H and O–H groups in total. The normalized spacial score (nSPS) is 16.4. The van der Waals surface area contributed by atoms with Gasteiger partial charge in [0.2, 0.25) is 0 Å². The third-order valence-electron chi connectivity index (χ3n) is 13.3. The molecule has 1 aromatic heterocycles. The molecule has 0 amide bonds. The molecule has 0 aliphatic heterocycles. The first kappa shape index (κ1) is 36.0. The van der Waals surface area contributed by atoms with Crippen molar-refractivity contribution in [1.29, 1.82) is 0 Å². The summed E-state index contributed by atoms with van der Waals surface area (Å²) >= 11 is 0. The number of allylic oxidation sites excluding steroid dienone is 4. The van der Waals surface area contributed by atoms with Gasteiger partial charge in [0.1, 0.15) is 0 Å². The van der Waals surface area contributed by atoms with Crippen LogP contribution < -0.4 is 4.90 Å². The molecule has 2 heteroatoms. The highest BCUT2D eigenvalue weighted by molar-refractivity contribution is 6.10. The molecule has 8 aromatic carbocycles. The Balaban J connectivity index is 1.21. The van der Waals surface area contributed by atoms with Gasteiger partial charge in [0.25, 0.3) is 0 Å². The van der Waals surface area contributed by atoms with Crippen molar-refractivity contribution in [3.63, 3.8) is 0 Å². The van der Waals surface area contributed by atoms with Crippen LogP contribution in [-0.4, -0.2) is 4.57 Å². The Labute approximate surface area is 353 Å². The predicted molar refractivity (Wildman–Crippen MR) is 254 cm³/mol. The molecular weight excluding hydrogens is 725 g/mol. The fraction of sp³-hybridized carbons (Fsp3) is 0.103. The molecule has 0 fully saturated rings. The minimum Gasteiger partial charge on any atom is -0.307 e. The maximum Gasteiger partial charge on any atom is 0.0702 e. The van der Waals surface area contributed by atoms with Gasteiger partial charge < -0.3 is 9.47 Å². The van der Waals surface area contributed by atoms with Crippen molar-refractivity contribution in [2.45, 2.75) is 38.0 Å². The van der Waals surface area contributed by atoms with Crippen LogP contribution in [0.1, 0.15) is 49.4 Å². The molecule has 2 nitrogen and oxygen atoms in total. The second kappa shape index (κ2) is 14.0. The van der Waals surface area contributed by atoms with E-state index in [0.717, 1.165) is 23.5 Å². The monoisotopic (exact) mass is 770 g/mol. The van der Waals surface area contributed by atoms with Crippen LogP contribution in [0.2, 0.25) is 0 Å². The molecule has 0 bridgehead atoms. The molecule has 2 aliphatic carbocycles. The lowest BCUT2D eigenvalue weighted by molar-refractivity contribution is 0.622. The smallest absolute Gasteiger partial charge is 0.0702 e. The van der Waals surface area contributed by atoms with Crippen LogP contribution in [0.5, 0.6) is 0 Å². The second-order valence-corrected chi connectivity index (χ2v) is 17.0. The summed E-state index contributed by atoms with van der Waals surface area (Å²) in [6.45, 7) is 7.19. The number of hydrogen-bond donors (Lipinski definition) is 0. The van der Waals surface area contributed by atoms with Gasteiger partial charge in [0.05, 0.1) is 33.8 Å². The van der Waals surface area contributed by atoms with E-state index in [9.17, 15) is 0 Å². The third kappa shape index (κ3) is 5.41. The summed E-state index contributed by atoms with van der Waals surface area (Å²) in [4.78, 5) is 2.58. The van der Waals surface area contributed by atoms with E-state index in [1.165, 1.54) is 77.6 Å². The summed E-state index contributed by atoms with van der Waals surface area (Å²) in [5.41, 5.74) is 18.1. The molecule has 1 heterocycles. The van der Waals surface area contributed by atoms with Crippen LogP contribution >= 0.6 is 0 Å². The van der Waals surface area contributed by atoms with Crippen molar-refractivity contribution < 1.29 is 0 Å². The van der Waals surface area contributed by atoms with Gasteiger partial charge in [0, 0.05) is 32.7 Å². The summed E-state index contributed by atoms with van der Waals surface area (Å²) in [5, 5.41) is 2.50. The van der Waals surface area contributed by atoms with Gasteiger partial charge in [-0.15, -0.1) is 0 Å². The van der Waals surface area contributed by atoms with Gasteiger partial charge in [0.15, 0.2) is 0 Å². The van der Waals surface area contributed by atoms with Crippen molar-refractivity contribution in [2.75, 3.05) is 4.90 Å². The highest BCUT2D eigenvalue weighted by atomic mass is 15.2. The number of hydrogen-bond acceptors (Lipinski definition) is 1. The number of rotatable bonds is 7. The van der Waals surface area contributed by atoms with Crippen LogP contribution in [0, 0.1) is 0 Å². The predicted octanol–water partition coefficient (Wildman–Crippen LogP) is 15.5. The van der Waals surface area contributed by atoms with Crippen LogP contribution in [0.3, 0.4) is 0 Å². The van der Waals surface area contributed by atoms with Gasteiger partial charge >= 0.3 is 0 Å². The fourth-order valence-corrected chi connectivity index (χ4v) is 10.5. The number of anilines is 3. The Morgan fingerprint density at radius 1 is 0.450 bits per heavy atom. The van der Waals surface area contributed by atoms with Crippen molar-refractivity contribution in [2.24, 2.45) is 0 Å². The lowest BCUT2D eigenvalue weighted by Crippen LogP contribution is -2.27. The Hall–Kier alpha value is -7.16. The van der Waals surface area contributed by atoms with Gasteiger partial charge in [-0.3, -0.25) is 0 Å². The topological polar surface area (TPSA) is 8.17 Å². The average molecular weight is 771 g/mol. The molecule has 9 aromatic rings. The van der Waals surface area contributed by atoms with Gasteiger partial charge in [-0.1, -0.05) is 197 Å². The first-order valence-electron chi connectivity index (χ1n) is 21.2. The zero-order chi connectivity index (χ0) is 40.4. The summed E-state index contributed by atoms with van der Waals surface area (Å²) < 4.78 is 2.47. The first-order valence-corrected chi connectivity index (χ1v) is 21.2. The van der Waals surface area contributed by atoms with Crippen molar-refractivity contribution in [3.8, 4) is 27.9 Å². The Morgan fingerprint density at radius 2 is 1.00 bits per heavy atom. The van der Waals surface area contributed by atoms with Gasteiger partial charge in [-0.25, -0.2) is 0 Å². The van der Waals surface area contributed by atoms with E-state index in [4.69, 9.17) is 0 Å². The molecule has 0 saturated carbocycles. The Morgan fingerprint density at radius 3 is 1.75 bits per heavy atom. The van der Waals surface area contributed by atoms with E-state index in [-0.39, 0.29) is 10.8 Å². The lowest BCUT2D eigenvalue weighted by atomic mass is 9.67. The van der Waals surface area contributed by atoms with E-state index < -0.39 is 0 Å². The summed E-state index contributed by atoms with van der Waals surface area (Å²) in [6.07, 6.45) is 7.85. The van der Waals surface area contributed by atoms with Crippen molar-refractivity contribution >= 4 is 44.4 Å². The van der Waals surface area contributed by atoms with Crippen LogP contribution in [0.4, 0.5) is 17.1 Å². The molecular formula is C58H46N2. The highest BCUT2D eigenvalue weighted by Crippen LogP contribution is 2.57. The summed E-state index contributed by atoms with van der Waals surface area (Å²) in [5.74, 6) is 0. The van der Waals surface area contributed by atoms with Crippen LogP contribution in [0.25, 0.3) is 55.3 Å². The van der Waals surface area contributed by atoms with Crippen molar-refractivity contribution in [1.82, 2.24) is 4.57 Å². The number of para-hydroxylation sites is 5. The van der Waals surface area contributed by atoms with Crippen LogP contribution in [0.15, 0.2) is 212 Å². The molecule has 2 aliphatic rings. The average Bonchev–Trinajstić information content (AvgIpc) is 3.76. The largest absolute Gasteiger partial charge is 0.307 e. The minimum absolute atomic E-state index is 0.157. The molecule has 1 atom stereocenters. The second-order valence-electron chi connectivity index (χ2n) is 17.0. The number of aromatic nitrogens is 1. The standard InChI is InChI=1S/C58H46N2/c1-57(2)46-29-12-8-28-45(46)56-49(57)32-21-38-55(56)60(54-37-18-17-36-53(54)59-50-33-14-9-25-42(50)43-26-10-15-34-51(43)59)52-35-16-11-27-44(52)48-31-19-20-39-58(48,3)47-30-13-7-24-41(47)40-22-5-4-6-23-40/h4-38H,39H2,1-3H3. The third-order valence-corrected chi connectivity index (χ3v) is 13.3. The first-order chi connectivity index (χ1) is 29.4. The van der Waals surface area contributed by atoms with E-state index in [2.05, 4.69) is 243 Å². The SMILES string of the molecule is CC1(c2ccccc2-c2ccccc2)CC=CC=C1c1ccccc1N(c1ccccc1-n1c2ccccc2c2ccccc21)c1cccc2c1-c1ccccc1C2(C)C. The molecule has 60 heavy (non-hydrogen) atoms. The molecule has 0 saturated heterocycles. The number of nitrogens with zero attached hydrogens (tertiary/aromatic N) is 2. The van der Waals surface area contributed by atoms with E-state index >= 15 is 0 Å². The van der Waals surface area contributed by atoms with E-state index in [1.54, 1.807) is 0 Å². The molecule has 288 valence electrons. The fourth-order valence-electron chi connectivity index (χ4n) is 10.5. The number of fused-ring (bicyclic) bond motifs is 6. The van der Waals surface area contributed by atoms with Gasteiger partial charge in [-0.2, -0.15) is 0 Å². The van der Waals surface area contributed by atoms with Crippen molar-refractivity contribution in [3.05, 3.63) is 235 Å². The molecule has 0 spiro atoms. The maximum atomic E-state index is 2.58. The van der Waals surface area contributed by atoms with E-state index in [0.29, 0.717) is 0 Å². The molecule has 11 rings (SSSR count). The Bertz CT molecular complexity index is 3120. The minimum atomic E-state index is -0.317. The summed E-state index contributed by atoms with van der Waals surface area (Å²) in [6, 6.07) is 71.6. The molecule has 0 radical (unpaired) electrons. The summed E-state index contributed by atoms with van der Waals surface area (Å²) in [7, 11) is 0. The zero-order valence-electron chi connectivity index (χ0n) is 34.3. The van der Waals surface area contributed by atoms with Gasteiger partial charge in [-0.05, 0) is 81.8 Å². The Kier molecular flexibility index (Phi) is 8.39. The maximum absolute atomic E-state index is 2.58. The zero-order valence-corrected chi connectivity index (χ0v) is 34.3. The quantitative estimate of drug-likeness (QED) is 0.157. The van der Waals surface area contributed by atoms with Crippen LogP contribution in [-0.2, 0) is 10.8 Å². The molecule has 1 unspecified atom stereocenters. The number of benzene rings is 8. The lowest BCUT2D eigenvalue weighted by Gasteiger charge is -2.39. The highest BCUT2D eigenvalue weighted by Gasteiger charge is 2.40. The van der Waals surface area contributed by atoms with E-state index in [1.807, 2.05) is 0 Å².